The van der Waals surface area contributed by atoms with Crippen LogP contribution in [0, 0.1) is 6.92 Å². The molecule has 3 rings (SSSR count). The van der Waals surface area contributed by atoms with Gasteiger partial charge in [-0.25, -0.2) is 9.97 Å². The Morgan fingerprint density at radius 1 is 1.23 bits per heavy atom. The van der Waals surface area contributed by atoms with E-state index < -0.39 is 11.8 Å². The smallest absolute Gasteiger partial charge is 0.301 e. The number of hydrogen-bond acceptors (Lipinski definition) is 7. The molecule has 22 heavy (non-hydrogen) atoms. The molecular weight excluding hydrogens is 322 g/mol. The van der Waals surface area contributed by atoms with E-state index in [4.69, 9.17) is 0 Å². The van der Waals surface area contributed by atoms with Crippen molar-refractivity contribution in [2.24, 2.45) is 0 Å². The lowest BCUT2D eigenvalue weighted by Gasteiger charge is -2.20. The van der Waals surface area contributed by atoms with E-state index in [1.807, 2.05) is 14.0 Å². The zero-order chi connectivity index (χ0) is 15.7. The molecule has 116 valence electrons. The van der Waals surface area contributed by atoms with Crippen LogP contribution in [-0.4, -0.2) is 40.3 Å². The highest BCUT2D eigenvalue weighted by molar-refractivity contribution is 7.16. The highest BCUT2D eigenvalue weighted by Gasteiger charge is 2.21. The zero-order valence-electron chi connectivity index (χ0n) is 12.2. The number of fused-ring (bicyclic) bond motifs is 1. The van der Waals surface area contributed by atoms with Gasteiger partial charge in [-0.05, 0) is 14.0 Å². The molecule has 0 spiro atoms. The van der Waals surface area contributed by atoms with Crippen molar-refractivity contribution in [1.82, 2.24) is 14.9 Å². The monoisotopic (exact) mass is 337 g/mol. The van der Waals surface area contributed by atoms with Gasteiger partial charge in [0.2, 0.25) is 0 Å². The van der Waals surface area contributed by atoms with Crippen LogP contribution in [0.1, 0.15) is 16.3 Å². The molecule has 0 saturated heterocycles. The van der Waals surface area contributed by atoms with E-state index in [2.05, 4.69) is 25.5 Å². The number of aromatic nitrogens is 2. The second kappa shape index (κ2) is 6.11. The number of anilines is 2. The number of aryl methyl sites for hydroxylation is 1. The van der Waals surface area contributed by atoms with Crippen molar-refractivity contribution < 1.29 is 9.59 Å². The van der Waals surface area contributed by atoms with E-state index in [0.29, 0.717) is 10.3 Å². The molecule has 2 amide bonds. The van der Waals surface area contributed by atoms with E-state index >= 15 is 0 Å². The summed E-state index contributed by atoms with van der Waals surface area (Å²) in [4.78, 5) is 35.6. The number of nitrogens with one attached hydrogen (secondary N) is 2. The summed E-state index contributed by atoms with van der Waals surface area (Å²) in [5.41, 5.74) is 1.81. The van der Waals surface area contributed by atoms with Gasteiger partial charge in [0.1, 0.15) is 0 Å². The highest BCUT2D eigenvalue weighted by Crippen LogP contribution is 2.27. The molecular formula is C13H15N5O2S2. The first-order valence-corrected chi connectivity index (χ1v) is 8.42. The zero-order valence-corrected chi connectivity index (χ0v) is 13.8. The van der Waals surface area contributed by atoms with Crippen LogP contribution in [0.25, 0.3) is 0 Å². The third-order valence-corrected chi connectivity index (χ3v) is 5.06. The van der Waals surface area contributed by atoms with E-state index in [1.54, 1.807) is 5.38 Å². The van der Waals surface area contributed by atoms with Crippen molar-refractivity contribution >= 4 is 44.8 Å². The molecule has 0 radical (unpaired) electrons. The fourth-order valence-electron chi connectivity index (χ4n) is 2.10. The van der Waals surface area contributed by atoms with Crippen LogP contribution in [0.15, 0.2) is 5.38 Å². The molecule has 0 atom stereocenters. The van der Waals surface area contributed by atoms with Crippen LogP contribution in [-0.2, 0) is 22.6 Å². The lowest BCUT2D eigenvalue weighted by atomic mass is 10.2. The van der Waals surface area contributed by atoms with Crippen molar-refractivity contribution in [1.29, 1.82) is 0 Å². The summed E-state index contributed by atoms with van der Waals surface area (Å²) in [5.74, 6) is -1.47. The second-order valence-electron chi connectivity index (χ2n) is 5.08. The largest absolute Gasteiger partial charge is 0.315 e. The van der Waals surface area contributed by atoms with E-state index in [-0.39, 0.29) is 0 Å². The van der Waals surface area contributed by atoms with Crippen molar-refractivity contribution in [2.75, 3.05) is 24.2 Å². The fraction of sp³-hybridized carbons (Fsp3) is 0.385. The Hall–Kier alpha value is -1.84. The lowest BCUT2D eigenvalue weighted by molar-refractivity contribution is -0.133. The first kappa shape index (κ1) is 15.1. The van der Waals surface area contributed by atoms with Crippen LogP contribution in [0.5, 0.6) is 0 Å². The number of likely N-dealkylation sites (N-methyl/N-ethyl adjacent to an activating group) is 1. The first-order chi connectivity index (χ1) is 10.5. The Morgan fingerprint density at radius 2 is 1.95 bits per heavy atom. The second-order valence-corrected chi connectivity index (χ2v) is 7.02. The Bertz CT molecular complexity index is 724. The van der Waals surface area contributed by atoms with Crippen molar-refractivity contribution in [3.05, 3.63) is 21.6 Å². The molecule has 0 aromatic carbocycles. The van der Waals surface area contributed by atoms with Gasteiger partial charge in [-0.15, -0.1) is 22.7 Å². The predicted octanol–water partition coefficient (Wildman–Crippen LogP) is 1.47. The van der Waals surface area contributed by atoms with Crippen LogP contribution in [0.4, 0.5) is 10.3 Å². The first-order valence-electron chi connectivity index (χ1n) is 6.73. The maximum absolute atomic E-state index is 11.9. The van der Waals surface area contributed by atoms with Crippen LogP contribution >= 0.6 is 22.7 Å². The van der Waals surface area contributed by atoms with Gasteiger partial charge in [-0.1, -0.05) is 0 Å². The van der Waals surface area contributed by atoms with Crippen molar-refractivity contribution in [3.8, 4) is 0 Å². The summed E-state index contributed by atoms with van der Waals surface area (Å²) in [6.07, 6.45) is 0.864. The molecule has 3 heterocycles. The number of nitrogens with zero attached hydrogens (tertiary/aromatic N) is 3. The Labute approximate surface area is 135 Å². The molecule has 1 aliphatic heterocycles. The van der Waals surface area contributed by atoms with Gasteiger partial charge in [-0.3, -0.25) is 20.2 Å². The Balaban J connectivity index is 1.63. The van der Waals surface area contributed by atoms with Crippen molar-refractivity contribution in [2.45, 2.75) is 19.9 Å². The van der Waals surface area contributed by atoms with Gasteiger partial charge in [0.25, 0.3) is 0 Å². The number of carbonyl (C=O) groups is 2. The standard InChI is InChI=1S/C13H15N5O2S2/c1-7-6-21-12(14-7)16-10(19)11(20)17-13-15-8-3-4-18(2)5-9(8)22-13/h6H,3-5H2,1-2H3,(H,14,16,19)(H,15,17,20). The predicted molar refractivity (Wildman–Crippen MR) is 86.3 cm³/mol. The summed E-state index contributed by atoms with van der Waals surface area (Å²) >= 11 is 2.70. The van der Waals surface area contributed by atoms with Crippen LogP contribution in [0.3, 0.4) is 0 Å². The minimum atomic E-state index is -0.736. The summed E-state index contributed by atoms with van der Waals surface area (Å²) in [7, 11) is 2.05. The Kier molecular flexibility index (Phi) is 4.19. The third-order valence-electron chi connectivity index (χ3n) is 3.19. The molecule has 0 aliphatic carbocycles. The lowest BCUT2D eigenvalue weighted by Crippen LogP contribution is -2.29. The molecule has 2 aromatic heterocycles. The van der Waals surface area contributed by atoms with Gasteiger partial charge in [0.15, 0.2) is 10.3 Å². The number of thiazole rings is 2. The van der Waals surface area contributed by atoms with Gasteiger partial charge in [0, 0.05) is 29.8 Å². The minimum absolute atomic E-state index is 0.415. The van der Waals surface area contributed by atoms with Gasteiger partial charge in [0.05, 0.1) is 11.4 Å². The summed E-state index contributed by atoms with van der Waals surface area (Å²) in [6, 6.07) is 0. The summed E-state index contributed by atoms with van der Waals surface area (Å²) in [5, 5.41) is 7.72. The van der Waals surface area contributed by atoms with E-state index in [1.165, 1.54) is 22.7 Å². The average molecular weight is 337 g/mol. The van der Waals surface area contributed by atoms with Gasteiger partial charge < -0.3 is 4.90 Å². The molecule has 1 aliphatic rings. The normalized spacial score (nSPS) is 14.5. The van der Waals surface area contributed by atoms with Crippen LogP contribution in [0.2, 0.25) is 0 Å². The molecule has 0 bridgehead atoms. The van der Waals surface area contributed by atoms with E-state index in [0.717, 1.165) is 35.8 Å². The topological polar surface area (TPSA) is 87.2 Å². The van der Waals surface area contributed by atoms with Crippen molar-refractivity contribution in [3.63, 3.8) is 0 Å². The number of hydrogen-bond donors (Lipinski definition) is 2. The van der Waals surface area contributed by atoms with Gasteiger partial charge in [-0.2, -0.15) is 0 Å². The maximum atomic E-state index is 11.9. The minimum Gasteiger partial charge on any atom is -0.301 e. The van der Waals surface area contributed by atoms with Gasteiger partial charge >= 0.3 is 11.8 Å². The third kappa shape index (κ3) is 3.32. The quantitative estimate of drug-likeness (QED) is 0.811. The number of rotatable bonds is 2. The number of carbonyl (C=O) groups excluding carboxylic acids is 2. The van der Waals surface area contributed by atoms with E-state index in [9.17, 15) is 9.59 Å². The molecule has 9 heteroatoms. The highest BCUT2D eigenvalue weighted by atomic mass is 32.1. The maximum Gasteiger partial charge on any atom is 0.315 e. The molecule has 7 nitrogen and oxygen atoms in total. The van der Waals surface area contributed by atoms with Crippen LogP contribution < -0.4 is 10.6 Å². The molecule has 0 saturated carbocycles. The SMILES string of the molecule is Cc1csc(NC(=O)C(=O)Nc2nc3c(s2)CN(C)CC3)n1. The summed E-state index contributed by atoms with van der Waals surface area (Å²) in [6.45, 7) is 3.60. The fourth-order valence-corrected chi connectivity index (χ4v) is 3.86. The average Bonchev–Trinajstić information content (AvgIpc) is 3.04. The molecule has 0 unspecified atom stereocenters. The molecule has 0 fully saturated rings. The molecule has 2 aromatic rings. The number of amides is 2. The molecule has 2 N–H and O–H groups in total. The summed E-state index contributed by atoms with van der Waals surface area (Å²) < 4.78 is 0. The Morgan fingerprint density at radius 3 is 2.64 bits per heavy atom.